The Labute approximate surface area is 96.8 Å². The lowest BCUT2D eigenvalue weighted by molar-refractivity contribution is 0.556. The number of thioether (sulfide) groups is 1. The summed E-state index contributed by atoms with van der Waals surface area (Å²) in [4.78, 5) is 0. The molecule has 0 spiro atoms. The Bertz CT molecular complexity index is 264. The van der Waals surface area contributed by atoms with Gasteiger partial charge in [0.2, 0.25) is 0 Å². The standard InChI is InChI=1S/C12H21NOS/c1-12(2,3)15-9-11(13-4)7-10-5-6-14-8-10/h5-6,8,11,13H,7,9H2,1-4H3. The molecule has 0 aliphatic carbocycles. The predicted octanol–water partition coefficient (Wildman–Crippen LogP) is 2.94. The van der Waals surface area contributed by atoms with Gasteiger partial charge in [-0.05, 0) is 25.1 Å². The van der Waals surface area contributed by atoms with Crippen LogP contribution in [0.25, 0.3) is 0 Å². The predicted molar refractivity (Wildman–Crippen MR) is 67.5 cm³/mol. The van der Waals surface area contributed by atoms with Gasteiger partial charge in [0, 0.05) is 16.5 Å². The second-order valence-corrected chi connectivity index (χ2v) is 6.59. The van der Waals surface area contributed by atoms with E-state index in [9.17, 15) is 0 Å². The van der Waals surface area contributed by atoms with Crippen LogP contribution < -0.4 is 5.32 Å². The van der Waals surface area contributed by atoms with Gasteiger partial charge in [-0.3, -0.25) is 0 Å². The maximum Gasteiger partial charge on any atom is 0.0935 e. The summed E-state index contributed by atoms with van der Waals surface area (Å²) in [6.45, 7) is 6.76. The molecule has 15 heavy (non-hydrogen) atoms. The summed E-state index contributed by atoms with van der Waals surface area (Å²) in [5.41, 5.74) is 1.27. The van der Waals surface area contributed by atoms with Gasteiger partial charge in [0.15, 0.2) is 0 Å². The minimum Gasteiger partial charge on any atom is -0.472 e. The molecule has 3 heteroatoms. The molecule has 1 unspecified atom stereocenters. The Morgan fingerprint density at radius 2 is 2.20 bits per heavy atom. The van der Waals surface area contributed by atoms with Crippen molar-refractivity contribution in [1.82, 2.24) is 5.32 Å². The lowest BCUT2D eigenvalue weighted by Gasteiger charge is -2.22. The van der Waals surface area contributed by atoms with E-state index in [1.807, 2.05) is 31.1 Å². The third kappa shape index (κ3) is 5.28. The maximum absolute atomic E-state index is 5.07. The zero-order chi connectivity index (χ0) is 11.3. The van der Waals surface area contributed by atoms with Gasteiger partial charge in [0.1, 0.15) is 0 Å². The zero-order valence-corrected chi connectivity index (χ0v) is 10.9. The van der Waals surface area contributed by atoms with E-state index >= 15 is 0 Å². The normalized spacial score (nSPS) is 14.1. The highest BCUT2D eigenvalue weighted by molar-refractivity contribution is 8.00. The molecule has 1 heterocycles. The van der Waals surface area contributed by atoms with Crippen LogP contribution in [-0.4, -0.2) is 23.6 Å². The first-order valence-corrected chi connectivity index (χ1v) is 6.32. The molecule has 0 radical (unpaired) electrons. The van der Waals surface area contributed by atoms with Gasteiger partial charge in [-0.1, -0.05) is 20.8 Å². The molecular formula is C12H21NOS. The summed E-state index contributed by atoms with van der Waals surface area (Å²) in [5, 5.41) is 3.35. The number of rotatable bonds is 5. The van der Waals surface area contributed by atoms with Crippen LogP contribution in [0, 0.1) is 0 Å². The molecule has 0 amide bonds. The second-order valence-electron chi connectivity index (χ2n) is 4.74. The topological polar surface area (TPSA) is 25.2 Å². The smallest absolute Gasteiger partial charge is 0.0935 e. The lowest BCUT2D eigenvalue weighted by atomic mass is 10.1. The highest BCUT2D eigenvalue weighted by Crippen LogP contribution is 2.24. The van der Waals surface area contributed by atoms with E-state index in [-0.39, 0.29) is 0 Å². The van der Waals surface area contributed by atoms with Crippen molar-refractivity contribution in [1.29, 1.82) is 0 Å². The molecule has 0 aliphatic heterocycles. The van der Waals surface area contributed by atoms with Crippen molar-refractivity contribution in [2.45, 2.75) is 38.0 Å². The number of hydrogen-bond donors (Lipinski definition) is 1. The minimum absolute atomic E-state index is 0.339. The van der Waals surface area contributed by atoms with Crippen LogP contribution in [0.4, 0.5) is 0 Å². The highest BCUT2D eigenvalue weighted by Gasteiger charge is 2.15. The summed E-state index contributed by atoms with van der Waals surface area (Å²) in [7, 11) is 2.02. The molecule has 0 fully saturated rings. The summed E-state index contributed by atoms with van der Waals surface area (Å²) in [6, 6.07) is 2.55. The molecule has 86 valence electrons. The highest BCUT2D eigenvalue weighted by atomic mass is 32.2. The Morgan fingerprint density at radius 3 is 2.67 bits per heavy atom. The quantitative estimate of drug-likeness (QED) is 0.837. The van der Waals surface area contributed by atoms with Crippen LogP contribution in [0.1, 0.15) is 26.3 Å². The molecule has 0 aliphatic rings. The van der Waals surface area contributed by atoms with Gasteiger partial charge in [-0.25, -0.2) is 0 Å². The van der Waals surface area contributed by atoms with Crippen molar-refractivity contribution in [3.63, 3.8) is 0 Å². The summed E-state index contributed by atoms with van der Waals surface area (Å²) < 4.78 is 5.41. The third-order valence-corrected chi connectivity index (χ3v) is 3.62. The first-order valence-electron chi connectivity index (χ1n) is 5.33. The van der Waals surface area contributed by atoms with Crippen LogP contribution in [-0.2, 0) is 6.42 Å². The fraction of sp³-hybridized carbons (Fsp3) is 0.667. The average molecular weight is 227 g/mol. The minimum atomic E-state index is 0.339. The van der Waals surface area contributed by atoms with Crippen molar-refractivity contribution in [3.8, 4) is 0 Å². The van der Waals surface area contributed by atoms with E-state index in [4.69, 9.17) is 4.42 Å². The van der Waals surface area contributed by atoms with Gasteiger partial charge in [0.25, 0.3) is 0 Å². The van der Waals surface area contributed by atoms with Crippen molar-refractivity contribution < 1.29 is 4.42 Å². The molecule has 1 atom stereocenters. The summed E-state index contributed by atoms with van der Waals surface area (Å²) in [5.74, 6) is 1.13. The van der Waals surface area contributed by atoms with Crippen LogP contribution in [0.3, 0.4) is 0 Å². The number of furan rings is 1. The summed E-state index contributed by atoms with van der Waals surface area (Å²) in [6.07, 6.45) is 4.60. The fourth-order valence-electron chi connectivity index (χ4n) is 1.29. The maximum atomic E-state index is 5.07. The average Bonchev–Trinajstić information content (AvgIpc) is 2.63. The van der Waals surface area contributed by atoms with Gasteiger partial charge >= 0.3 is 0 Å². The SMILES string of the molecule is CNC(CSC(C)(C)C)Cc1ccoc1. The van der Waals surface area contributed by atoms with Crippen LogP contribution in [0.2, 0.25) is 0 Å². The molecule has 1 aromatic rings. The van der Waals surface area contributed by atoms with E-state index in [0.717, 1.165) is 12.2 Å². The Morgan fingerprint density at radius 1 is 1.47 bits per heavy atom. The monoisotopic (exact) mass is 227 g/mol. The molecule has 0 saturated heterocycles. The van der Waals surface area contributed by atoms with E-state index in [2.05, 4.69) is 26.1 Å². The first kappa shape index (κ1) is 12.7. The van der Waals surface area contributed by atoms with Gasteiger partial charge < -0.3 is 9.73 Å². The fourth-order valence-corrected chi connectivity index (χ4v) is 2.27. The largest absolute Gasteiger partial charge is 0.472 e. The first-order chi connectivity index (χ1) is 7.01. The van der Waals surface area contributed by atoms with Crippen molar-refractivity contribution >= 4 is 11.8 Å². The van der Waals surface area contributed by atoms with Gasteiger partial charge in [0.05, 0.1) is 12.5 Å². The lowest BCUT2D eigenvalue weighted by Crippen LogP contribution is -2.31. The van der Waals surface area contributed by atoms with Crippen molar-refractivity contribution in [2.24, 2.45) is 0 Å². The molecule has 1 aromatic heterocycles. The second kappa shape index (κ2) is 5.61. The number of likely N-dealkylation sites (N-methyl/N-ethyl adjacent to an activating group) is 1. The zero-order valence-electron chi connectivity index (χ0n) is 10.0. The van der Waals surface area contributed by atoms with Crippen molar-refractivity contribution in [2.75, 3.05) is 12.8 Å². The van der Waals surface area contributed by atoms with E-state index < -0.39 is 0 Å². The van der Waals surface area contributed by atoms with E-state index in [1.54, 1.807) is 6.26 Å². The van der Waals surface area contributed by atoms with Crippen molar-refractivity contribution in [3.05, 3.63) is 24.2 Å². The Hall–Kier alpha value is -0.410. The molecule has 0 bridgehead atoms. The van der Waals surface area contributed by atoms with Crippen LogP contribution in [0.5, 0.6) is 0 Å². The van der Waals surface area contributed by atoms with Crippen LogP contribution >= 0.6 is 11.8 Å². The molecule has 2 nitrogen and oxygen atoms in total. The molecule has 1 N–H and O–H groups in total. The Balaban J connectivity index is 2.36. The van der Waals surface area contributed by atoms with E-state index in [0.29, 0.717) is 10.8 Å². The van der Waals surface area contributed by atoms with Gasteiger partial charge in [-0.15, -0.1) is 0 Å². The number of hydrogen-bond acceptors (Lipinski definition) is 3. The molecule has 0 aromatic carbocycles. The molecular weight excluding hydrogens is 206 g/mol. The van der Waals surface area contributed by atoms with Gasteiger partial charge in [-0.2, -0.15) is 11.8 Å². The summed E-state index contributed by atoms with van der Waals surface area (Å²) >= 11 is 1.99. The number of nitrogens with one attached hydrogen (secondary N) is 1. The molecule has 1 rings (SSSR count). The van der Waals surface area contributed by atoms with E-state index in [1.165, 1.54) is 5.56 Å². The Kier molecular flexibility index (Phi) is 4.74. The molecule has 0 saturated carbocycles. The van der Waals surface area contributed by atoms with Crippen LogP contribution in [0.15, 0.2) is 23.0 Å². The third-order valence-electron chi connectivity index (χ3n) is 2.19.